The lowest BCUT2D eigenvalue weighted by atomic mass is 10.1. The van der Waals surface area contributed by atoms with Gasteiger partial charge in [-0.15, -0.1) is 0 Å². The molecule has 19 heavy (non-hydrogen) atoms. The topological polar surface area (TPSA) is 85.2 Å². The number of carbonyl (C=O) groups excluding carboxylic acids is 2. The molecule has 0 atom stereocenters. The normalized spacial score (nSPS) is 10.1. The molecule has 0 spiro atoms. The summed E-state index contributed by atoms with van der Waals surface area (Å²) in [6.07, 6.45) is 0.200. The largest absolute Gasteiger partial charge is 0.449 e. The van der Waals surface area contributed by atoms with E-state index in [9.17, 15) is 9.59 Å². The number of carbonyl (C=O) groups is 2. The maximum atomic E-state index is 11.5. The molecule has 0 unspecified atom stereocenters. The van der Waals surface area contributed by atoms with Crippen LogP contribution in [0.3, 0.4) is 0 Å². The molecule has 0 saturated carbocycles. The van der Waals surface area contributed by atoms with Crippen molar-refractivity contribution < 1.29 is 14.3 Å². The van der Waals surface area contributed by atoms with Gasteiger partial charge in [0.05, 0.1) is 12.3 Å². The summed E-state index contributed by atoms with van der Waals surface area (Å²) in [7, 11) is 1.87. The smallest absolute Gasteiger partial charge is 0.426 e. The van der Waals surface area contributed by atoms with Gasteiger partial charge in [0.2, 0.25) is 5.91 Å². The summed E-state index contributed by atoms with van der Waals surface area (Å²) in [5.74, 6) is -0.268. The minimum atomic E-state index is -0.662. The predicted molar refractivity (Wildman–Crippen MR) is 69.3 cm³/mol. The average molecular weight is 268 g/mol. The van der Waals surface area contributed by atoms with E-state index in [1.807, 2.05) is 20.9 Å². The highest BCUT2D eigenvalue weighted by atomic mass is 16.5. The summed E-state index contributed by atoms with van der Waals surface area (Å²) in [5.41, 5.74) is 7.50. The van der Waals surface area contributed by atoms with Gasteiger partial charge in [0.15, 0.2) is 0 Å². The van der Waals surface area contributed by atoms with Gasteiger partial charge in [0.1, 0.15) is 0 Å². The SMILES string of the molecule is CCOC(=O)NNC(=O)CCc1c(C)nn(C)c1C. The Hall–Kier alpha value is -2.05. The van der Waals surface area contributed by atoms with Crippen molar-refractivity contribution in [2.75, 3.05) is 6.61 Å². The molecule has 0 aliphatic heterocycles. The van der Waals surface area contributed by atoms with E-state index < -0.39 is 6.09 Å². The monoisotopic (exact) mass is 268 g/mol. The summed E-state index contributed by atoms with van der Waals surface area (Å²) in [6.45, 7) is 5.83. The molecule has 1 heterocycles. The summed E-state index contributed by atoms with van der Waals surface area (Å²) < 4.78 is 6.41. The van der Waals surface area contributed by atoms with Crippen LogP contribution in [0.25, 0.3) is 0 Å². The van der Waals surface area contributed by atoms with Crippen LogP contribution in [0.1, 0.15) is 30.3 Å². The first-order valence-electron chi connectivity index (χ1n) is 6.16. The third kappa shape index (κ3) is 4.27. The minimum absolute atomic E-state index is 0.260. The Morgan fingerprint density at radius 2 is 2.00 bits per heavy atom. The van der Waals surface area contributed by atoms with E-state index in [0.29, 0.717) is 6.42 Å². The lowest BCUT2D eigenvalue weighted by Crippen LogP contribution is -2.42. The molecule has 0 bridgehead atoms. The van der Waals surface area contributed by atoms with Crippen molar-refractivity contribution in [2.24, 2.45) is 7.05 Å². The number of nitrogens with one attached hydrogen (secondary N) is 2. The van der Waals surface area contributed by atoms with Crippen LogP contribution in [0.5, 0.6) is 0 Å². The van der Waals surface area contributed by atoms with Crippen LogP contribution in [0.2, 0.25) is 0 Å². The van der Waals surface area contributed by atoms with Crippen LogP contribution in [0.15, 0.2) is 0 Å². The number of rotatable bonds is 4. The molecule has 0 aliphatic carbocycles. The van der Waals surface area contributed by atoms with Crippen molar-refractivity contribution in [3.63, 3.8) is 0 Å². The molecule has 0 fully saturated rings. The third-order valence-electron chi connectivity index (χ3n) is 2.84. The van der Waals surface area contributed by atoms with E-state index in [-0.39, 0.29) is 18.9 Å². The first-order chi connectivity index (χ1) is 8.95. The van der Waals surface area contributed by atoms with Crippen molar-refractivity contribution in [1.29, 1.82) is 0 Å². The second-order valence-corrected chi connectivity index (χ2v) is 4.17. The number of hydrogen-bond donors (Lipinski definition) is 2. The molecule has 7 nitrogen and oxygen atoms in total. The fourth-order valence-electron chi connectivity index (χ4n) is 1.77. The Kier molecular flexibility index (Phi) is 5.35. The average Bonchev–Trinajstić information content (AvgIpc) is 2.59. The van der Waals surface area contributed by atoms with Gasteiger partial charge in [-0.1, -0.05) is 0 Å². The number of hydrogen-bond acceptors (Lipinski definition) is 4. The molecule has 1 aromatic heterocycles. The van der Waals surface area contributed by atoms with E-state index in [2.05, 4.69) is 20.7 Å². The van der Waals surface area contributed by atoms with Gasteiger partial charge in [-0.3, -0.25) is 14.9 Å². The standard InChI is InChI=1S/C12H20N4O3/c1-5-19-12(18)14-13-11(17)7-6-10-8(2)15-16(4)9(10)3/h5-7H2,1-4H3,(H,13,17)(H,14,18). The molecule has 2 amide bonds. The van der Waals surface area contributed by atoms with Gasteiger partial charge in [-0.25, -0.2) is 10.2 Å². The molecular weight excluding hydrogens is 248 g/mol. The van der Waals surface area contributed by atoms with Gasteiger partial charge in [-0.05, 0) is 32.8 Å². The summed E-state index contributed by atoms with van der Waals surface area (Å²) in [6, 6.07) is 0. The van der Waals surface area contributed by atoms with Crippen molar-refractivity contribution in [2.45, 2.75) is 33.6 Å². The molecule has 0 aromatic carbocycles. The zero-order chi connectivity index (χ0) is 14.4. The van der Waals surface area contributed by atoms with Crippen molar-refractivity contribution >= 4 is 12.0 Å². The predicted octanol–water partition coefficient (Wildman–Crippen LogP) is 0.747. The van der Waals surface area contributed by atoms with E-state index >= 15 is 0 Å². The molecular formula is C12H20N4O3. The molecule has 0 aliphatic rings. The van der Waals surface area contributed by atoms with Gasteiger partial charge in [0.25, 0.3) is 0 Å². The minimum Gasteiger partial charge on any atom is -0.449 e. The van der Waals surface area contributed by atoms with Gasteiger partial charge >= 0.3 is 6.09 Å². The van der Waals surface area contributed by atoms with Crippen molar-refractivity contribution in [3.05, 3.63) is 17.0 Å². The maximum absolute atomic E-state index is 11.5. The van der Waals surface area contributed by atoms with Gasteiger partial charge in [0, 0.05) is 19.2 Å². The van der Waals surface area contributed by atoms with Crippen molar-refractivity contribution in [3.8, 4) is 0 Å². The van der Waals surface area contributed by atoms with E-state index in [1.165, 1.54) is 0 Å². The van der Waals surface area contributed by atoms with Crippen LogP contribution < -0.4 is 10.9 Å². The summed E-state index contributed by atoms with van der Waals surface area (Å²) >= 11 is 0. The molecule has 7 heteroatoms. The quantitative estimate of drug-likeness (QED) is 0.789. The van der Waals surface area contributed by atoms with Crippen molar-refractivity contribution in [1.82, 2.24) is 20.6 Å². The number of nitrogens with zero attached hydrogens (tertiary/aromatic N) is 2. The molecule has 2 N–H and O–H groups in total. The van der Waals surface area contributed by atoms with Crippen LogP contribution in [0.4, 0.5) is 4.79 Å². The van der Waals surface area contributed by atoms with E-state index in [4.69, 9.17) is 0 Å². The van der Waals surface area contributed by atoms with E-state index in [1.54, 1.807) is 11.6 Å². The summed E-state index contributed by atoms with van der Waals surface area (Å²) in [4.78, 5) is 22.5. The number of hydrazine groups is 1. The lowest BCUT2D eigenvalue weighted by molar-refractivity contribution is -0.121. The Labute approximate surface area is 112 Å². The number of aromatic nitrogens is 2. The Morgan fingerprint density at radius 3 is 2.53 bits per heavy atom. The highest BCUT2D eigenvalue weighted by Crippen LogP contribution is 2.13. The third-order valence-corrected chi connectivity index (χ3v) is 2.84. The van der Waals surface area contributed by atoms with Crippen LogP contribution in [0, 0.1) is 13.8 Å². The molecule has 1 aromatic rings. The fourth-order valence-corrected chi connectivity index (χ4v) is 1.77. The highest BCUT2D eigenvalue weighted by molar-refractivity contribution is 5.79. The van der Waals surface area contributed by atoms with Crippen LogP contribution in [-0.2, 0) is 23.0 Å². The number of ether oxygens (including phenoxy) is 1. The second-order valence-electron chi connectivity index (χ2n) is 4.17. The zero-order valence-electron chi connectivity index (χ0n) is 11.7. The zero-order valence-corrected chi connectivity index (χ0v) is 11.7. The molecule has 0 radical (unpaired) electrons. The first kappa shape index (κ1) is 15.0. The van der Waals surface area contributed by atoms with E-state index in [0.717, 1.165) is 17.0 Å². The fraction of sp³-hybridized carbons (Fsp3) is 0.583. The number of aryl methyl sites for hydroxylation is 2. The molecule has 0 saturated heterocycles. The Morgan fingerprint density at radius 1 is 1.32 bits per heavy atom. The van der Waals surface area contributed by atoms with Crippen LogP contribution >= 0.6 is 0 Å². The molecule has 106 valence electrons. The maximum Gasteiger partial charge on any atom is 0.426 e. The Bertz CT molecular complexity index is 468. The van der Waals surface area contributed by atoms with Gasteiger partial charge < -0.3 is 4.74 Å². The highest BCUT2D eigenvalue weighted by Gasteiger charge is 2.11. The second kappa shape index (κ2) is 6.77. The Balaban J connectivity index is 2.40. The molecule has 1 rings (SSSR count). The van der Waals surface area contributed by atoms with Crippen LogP contribution in [-0.4, -0.2) is 28.4 Å². The summed E-state index contributed by atoms with van der Waals surface area (Å²) in [5, 5.41) is 4.28. The first-order valence-corrected chi connectivity index (χ1v) is 6.16. The lowest BCUT2D eigenvalue weighted by Gasteiger charge is -2.07. The van der Waals surface area contributed by atoms with Gasteiger partial charge in [-0.2, -0.15) is 5.10 Å². The number of amides is 2.